The molecule has 0 aromatic carbocycles. The molecule has 1 saturated heterocycles. The normalized spacial score (nSPS) is 23.1. The molecular formula is C24H42N2O7. The fourth-order valence-electron chi connectivity index (χ4n) is 4.30. The molecule has 9 heteroatoms. The first-order chi connectivity index (χ1) is 16.0. The van der Waals surface area contributed by atoms with E-state index in [9.17, 15) is 9.59 Å². The van der Waals surface area contributed by atoms with Crippen LogP contribution >= 0.6 is 0 Å². The number of hydrogen-bond acceptors (Lipinski definition) is 7. The van der Waals surface area contributed by atoms with Gasteiger partial charge in [0.05, 0.1) is 26.4 Å². The van der Waals surface area contributed by atoms with E-state index in [0.717, 1.165) is 25.8 Å². The molecule has 2 N–H and O–H groups in total. The number of nitrogens with zero attached hydrogens (tertiary/aromatic N) is 1. The number of amides is 2. The van der Waals surface area contributed by atoms with Crippen molar-refractivity contribution in [2.75, 3.05) is 59.3 Å². The van der Waals surface area contributed by atoms with Crippen molar-refractivity contribution in [3.8, 4) is 0 Å². The highest BCUT2D eigenvalue weighted by atomic mass is 16.7. The monoisotopic (exact) mass is 470 g/mol. The Morgan fingerprint density at radius 3 is 2.67 bits per heavy atom. The lowest BCUT2D eigenvalue weighted by atomic mass is 9.79. The van der Waals surface area contributed by atoms with E-state index >= 15 is 0 Å². The molecule has 2 aliphatic rings. The first-order valence-corrected chi connectivity index (χ1v) is 12.3. The van der Waals surface area contributed by atoms with Gasteiger partial charge in [-0.25, -0.2) is 0 Å². The Labute approximate surface area is 197 Å². The van der Waals surface area contributed by atoms with Crippen LogP contribution in [0.3, 0.4) is 0 Å². The number of aliphatic hydroxyl groups excluding tert-OH is 1. The van der Waals surface area contributed by atoms with Crippen molar-refractivity contribution in [2.24, 2.45) is 17.8 Å². The molecule has 0 aromatic heterocycles. The van der Waals surface area contributed by atoms with E-state index in [1.54, 1.807) is 0 Å². The number of allylic oxidation sites excluding steroid dienone is 1. The van der Waals surface area contributed by atoms with Gasteiger partial charge in [0, 0.05) is 45.2 Å². The second kappa shape index (κ2) is 15.3. The lowest BCUT2D eigenvalue weighted by molar-refractivity contribution is -0.177. The van der Waals surface area contributed by atoms with Gasteiger partial charge in [0.25, 0.3) is 5.91 Å². The third kappa shape index (κ3) is 9.23. The van der Waals surface area contributed by atoms with Gasteiger partial charge in [0.2, 0.25) is 12.2 Å². The standard InChI is InChI=1S/C24H42N2O7/c1-4-32-24-19(8-13-30-15-16-31-14-12-27)20(18(2)3)17-21(33-24)23(29)25-9-6-11-26-10-5-7-22(26)28/h17-20,24,27H,4-16H2,1-3H3,(H,25,29)/t19-,20+,24+/m1/s1. The zero-order chi connectivity index (χ0) is 24.1. The van der Waals surface area contributed by atoms with Gasteiger partial charge in [0.1, 0.15) is 0 Å². The van der Waals surface area contributed by atoms with Crippen molar-refractivity contribution in [3.63, 3.8) is 0 Å². The summed E-state index contributed by atoms with van der Waals surface area (Å²) < 4.78 is 22.8. The number of nitrogens with one attached hydrogen (secondary N) is 1. The molecular weight excluding hydrogens is 428 g/mol. The smallest absolute Gasteiger partial charge is 0.286 e. The maximum absolute atomic E-state index is 12.8. The largest absolute Gasteiger partial charge is 0.459 e. The van der Waals surface area contributed by atoms with Gasteiger partial charge in [-0.2, -0.15) is 0 Å². The van der Waals surface area contributed by atoms with Crippen molar-refractivity contribution < 1.29 is 33.6 Å². The van der Waals surface area contributed by atoms with E-state index in [1.807, 2.05) is 17.9 Å². The van der Waals surface area contributed by atoms with E-state index in [2.05, 4.69) is 19.2 Å². The molecule has 3 atom stereocenters. The maximum atomic E-state index is 12.8. The van der Waals surface area contributed by atoms with Gasteiger partial charge >= 0.3 is 0 Å². The third-order valence-corrected chi connectivity index (χ3v) is 6.02. The molecule has 2 heterocycles. The highest BCUT2D eigenvalue weighted by Gasteiger charge is 2.38. The fraction of sp³-hybridized carbons (Fsp3) is 0.833. The summed E-state index contributed by atoms with van der Waals surface area (Å²) in [5.41, 5.74) is 0. The number of aliphatic hydroxyl groups is 1. The van der Waals surface area contributed by atoms with Gasteiger partial charge in [-0.3, -0.25) is 9.59 Å². The predicted octanol–water partition coefficient (Wildman–Crippen LogP) is 1.70. The number of hydrogen-bond donors (Lipinski definition) is 2. The molecule has 2 rings (SSSR count). The van der Waals surface area contributed by atoms with E-state index in [4.69, 9.17) is 24.1 Å². The molecule has 2 aliphatic heterocycles. The summed E-state index contributed by atoms with van der Waals surface area (Å²) in [6.45, 7) is 10.4. The van der Waals surface area contributed by atoms with Crippen LogP contribution in [0.15, 0.2) is 11.8 Å². The summed E-state index contributed by atoms with van der Waals surface area (Å²) in [6, 6.07) is 0. The summed E-state index contributed by atoms with van der Waals surface area (Å²) >= 11 is 0. The average Bonchev–Trinajstić information content (AvgIpc) is 3.21. The van der Waals surface area contributed by atoms with E-state index in [-0.39, 0.29) is 30.3 Å². The van der Waals surface area contributed by atoms with E-state index in [0.29, 0.717) is 64.2 Å². The van der Waals surface area contributed by atoms with Gasteiger partial charge in [0.15, 0.2) is 5.76 Å². The molecule has 1 fully saturated rings. The van der Waals surface area contributed by atoms with Gasteiger partial charge in [-0.05, 0) is 44.1 Å². The molecule has 0 unspecified atom stereocenters. The third-order valence-electron chi connectivity index (χ3n) is 6.02. The maximum Gasteiger partial charge on any atom is 0.286 e. The van der Waals surface area contributed by atoms with Crippen LogP contribution < -0.4 is 5.32 Å². The van der Waals surface area contributed by atoms with Crippen LogP contribution in [0.1, 0.15) is 46.5 Å². The molecule has 0 aromatic rings. The van der Waals surface area contributed by atoms with Crippen LogP contribution in [-0.4, -0.2) is 87.4 Å². The first kappa shape index (κ1) is 27.6. The van der Waals surface area contributed by atoms with E-state index in [1.165, 1.54) is 0 Å². The van der Waals surface area contributed by atoms with Gasteiger partial charge in [-0.1, -0.05) is 13.8 Å². The summed E-state index contributed by atoms with van der Waals surface area (Å²) in [5, 5.41) is 11.7. The van der Waals surface area contributed by atoms with Crippen LogP contribution in [-0.2, 0) is 28.5 Å². The Morgan fingerprint density at radius 2 is 2.03 bits per heavy atom. The van der Waals surface area contributed by atoms with Gasteiger partial charge in [-0.15, -0.1) is 0 Å². The topological polar surface area (TPSA) is 107 Å². The van der Waals surface area contributed by atoms with Crippen molar-refractivity contribution in [1.29, 1.82) is 0 Å². The van der Waals surface area contributed by atoms with Crippen LogP contribution in [0.25, 0.3) is 0 Å². The van der Waals surface area contributed by atoms with Gasteiger partial charge < -0.3 is 34.3 Å². The molecule has 2 amide bonds. The minimum absolute atomic E-state index is 0.00584. The van der Waals surface area contributed by atoms with Crippen molar-refractivity contribution in [3.05, 3.63) is 11.8 Å². The minimum Gasteiger partial charge on any atom is -0.459 e. The Morgan fingerprint density at radius 1 is 1.27 bits per heavy atom. The SMILES string of the molecule is CCO[C@H]1OC(C(=O)NCCCN2CCCC2=O)=C[C@@H](C(C)C)[C@H]1CCOCCOCCO. The quantitative estimate of drug-likeness (QED) is 0.331. The average molecular weight is 471 g/mol. The number of carbonyl (C=O) groups is 2. The van der Waals surface area contributed by atoms with Crippen molar-refractivity contribution in [2.45, 2.75) is 52.7 Å². The van der Waals surface area contributed by atoms with Crippen molar-refractivity contribution in [1.82, 2.24) is 10.2 Å². The predicted molar refractivity (Wildman–Crippen MR) is 123 cm³/mol. The Bertz CT molecular complexity index is 626. The molecule has 0 aliphatic carbocycles. The lowest BCUT2D eigenvalue weighted by Crippen LogP contribution is -2.42. The molecule has 0 bridgehead atoms. The number of likely N-dealkylation sites (tertiary alicyclic amines) is 1. The zero-order valence-electron chi connectivity index (χ0n) is 20.4. The highest BCUT2D eigenvalue weighted by Crippen LogP contribution is 2.36. The summed E-state index contributed by atoms with van der Waals surface area (Å²) in [5.74, 6) is 0.756. The molecule has 9 nitrogen and oxygen atoms in total. The number of rotatable bonds is 16. The fourth-order valence-corrected chi connectivity index (χ4v) is 4.30. The summed E-state index contributed by atoms with van der Waals surface area (Å²) in [7, 11) is 0. The molecule has 0 radical (unpaired) electrons. The number of carbonyl (C=O) groups excluding carboxylic acids is 2. The Kier molecular flexibility index (Phi) is 12.8. The molecule has 0 saturated carbocycles. The van der Waals surface area contributed by atoms with E-state index < -0.39 is 6.29 Å². The van der Waals surface area contributed by atoms with Crippen LogP contribution in [0.2, 0.25) is 0 Å². The van der Waals surface area contributed by atoms with Crippen LogP contribution in [0, 0.1) is 17.8 Å². The first-order valence-electron chi connectivity index (χ1n) is 12.3. The Hall–Kier alpha value is -1.68. The lowest BCUT2D eigenvalue weighted by Gasteiger charge is -2.38. The van der Waals surface area contributed by atoms with Crippen LogP contribution in [0.5, 0.6) is 0 Å². The van der Waals surface area contributed by atoms with Crippen molar-refractivity contribution >= 4 is 11.8 Å². The molecule has 190 valence electrons. The highest BCUT2D eigenvalue weighted by molar-refractivity contribution is 5.91. The Balaban J connectivity index is 1.86. The second-order valence-electron chi connectivity index (χ2n) is 8.79. The molecule has 0 spiro atoms. The number of ether oxygens (including phenoxy) is 4. The second-order valence-corrected chi connectivity index (χ2v) is 8.79. The summed E-state index contributed by atoms with van der Waals surface area (Å²) in [6.07, 6.45) is 4.42. The minimum atomic E-state index is -0.510. The molecule has 33 heavy (non-hydrogen) atoms. The van der Waals surface area contributed by atoms with Crippen LogP contribution in [0.4, 0.5) is 0 Å². The zero-order valence-corrected chi connectivity index (χ0v) is 20.4. The summed E-state index contributed by atoms with van der Waals surface area (Å²) in [4.78, 5) is 26.3.